The fraction of sp³-hybridized carbons (Fsp3) is 0.778. The Labute approximate surface area is 170 Å². The molecule has 0 spiro atoms. The van der Waals surface area contributed by atoms with E-state index >= 15 is 0 Å². The van der Waals surface area contributed by atoms with Crippen molar-refractivity contribution in [2.75, 3.05) is 32.7 Å². The molecule has 2 N–H and O–H groups in total. The van der Waals surface area contributed by atoms with E-state index in [0.717, 1.165) is 51.5 Å². The van der Waals surface area contributed by atoms with Crippen LogP contribution in [0.2, 0.25) is 0 Å². The Kier molecular flexibility index (Phi) is 14.9. The van der Waals surface area contributed by atoms with Crippen LogP contribution < -0.4 is 10.6 Å². The zero-order valence-corrected chi connectivity index (χ0v) is 18.7. The molecule has 0 saturated carbocycles. The third-order valence-corrected chi connectivity index (χ3v) is 4.11. The number of hydrogen-bond acceptors (Lipinski definition) is 3. The molecule has 0 aromatic carbocycles. The third-order valence-electron chi connectivity index (χ3n) is 4.11. The number of nitrogens with zero attached hydrogens (tertiary/aromatic N) is 4. The molecule has 0 amide bonds. The van der Waals surface area contributed by atoms with E-state index in [1.165, 1.54) is 13.0 Å². The van der Waals surface area contributed by atoms with Crippen molar-refractivity contribution in [1.29, 1.82) is 0 Å². The van der Waals surface area contributed by atoms with Gasteiger partial charge in [0.1, 0.15) is 0 Å². The molecule has 0 radical (unpaired) electrons. The number of aliphatic imine (C=N–C) groups is 1. The number of halogens is 1. The standard InChI is InChI=1S/C18H36N6.HI/c1-5-19-18(20-12-9-15-24-16-10-13-21-24)22-17(4)11-8-14-23(6-2)7-3;/h10,13,16-17H,5-9,11-12,14-15H2,1-4H3,(H2,19,20,22);1H. The van der Waals surface area contributed by atoms with Crippen LogP contribution in [0.1, 0.15) is 47.0 Å². The number of aryl methyl sites for hydroxylation is 1. The molecule has 1 aromatic rings. The lowest BCUT2D eigenvalue weighted by atomic mass is 10.2. The first-order valence-corrected chi connectivity index (χ1v) is 9.44. The minimum absolute atomic E-state index is 0. The van der Waals surface area contributed by atoms with Gasteiger partial charge in [-0.3, -0.25) is 9.67 Å². The van der Waals surface area contributed by atoms with Gasteiger partial charge in [0.25, 0.3) is 0 Å². The van der Waals surface area contributed by atoms with Gasteiger partial charge in [0, 0.05) is 38.1 Å². The molecule has 0 saturated heterocycles. The highest BCUT2D eigenvalue weighted by Crippen LogP contribution is 2.00. The molecule has 1 unspecified atom stereocenters. The molecule has 0 fully saturated rings. The quantitative estimate of drug-likeness (QED) is 0.216. The van der Waals surface area contributed by atoms with Crippen LogP contribution >= 0.6 is 24.0 Å². The zero-order chi connectivity index (χ0) is 17.6. The summed E-state index contributed by atoms with van der Waals surface area (Å²) in [6.07, 6.45) is 7.18. The molecule has 1 rings (SSSR count). The molecule has 25 heavy (non-hydrogen) atoms. The van der Waals surface area contributed by atoms with Gasteiger partial charge in [-0.25, -0.2) is 0 Å². The van der Waals surface area contributed by atoms with E-state index in [-0.39, 0.29) is 24.0 Å². The van der Waals surface area contributed by atoms with Crippen molar-refractivity contribution in [3.63, 3.8) is 0 Å². The lowest BCUT2D eigenvalue weighted by Crippen LogP contribution is -2.42. The summed E-state index contributed by atoms with van der Waals surface area (Å²) in [6.45, 7) is 14.8. The lowest BCUT2D eigenvalue weighted by molar-refractivity contribution is 0.292. The van der Waals surface area contributed by atoms with Crippen LogP contribution in [0.5, 0.6) is 0 Å². The van der Waals surface area contributed by atoms with Crippen LogP contribution in [0, 0.1) is 0 Å². The van der Waals surface area contributed by atoms with E-state index in [4.69, 9.17) is 0 Å². The Bertz CT molecular complexity index is 431. The van der Waals surface area contributed by atoms with Crippen LogP contribution in [0.25, 0.3) is 0 Å². The van der Waals surface area contributed by atoms with E-state index in [1.807, 2.05) is 23.1 Å². The molecule has 7 heteroatoms. The van der Waals surface area contributed by atoms with E-state index in [9.17, 15) is 0 Å². The summed E-state index contributed by atoms with van der Waals surface area (Å²) in [7, 11) is 0. The maximum absolute atomic E-state index is 4.67. The highest BCUT2D eigenvalue weighted by Gasteiger charge is 2.06. The zero-order valence-electron chi connectivity index (χ0n) is 16.4. The van der Waals surface area contributed by atoms with Gasteiger partial charge >= 0.3 is 0 Å². The van der Waals surface area contributed by atoms with Crippen LogP contribution in [-0.4, -0.2) is 59.4 Å². The van der Waals surface area contributed by atoms with Gasteiger partial charge in [-0.05, 0) is 58.8 Å². The SMILES string of the molecule is CCNC(=NCCCn1cccn1)NC(C)CCCN(CC)CC.I. The van der Waals surface area contributed by atoms with E-state index < -0.39 is 0 Å². The Morgan fingerprint density at radius 3 is 2.60 bits per heavy atom. The first-order chi connectivity index (χ1) is 11.7. The molecular weight excluding hydrogens is 427 g/mol. The van der Waals surface area contributed by atoms with Crippen molar-refractivity contribution < 1.29 is 0 Å². The summed E-state index contributed by atoms with van der Waals surface area (Å²) in [6, 6.07) is 2.39. The summed E-state index contributed by atoms with van der Waals surface area (Å²) < 4.78 is 1.95. The predicted octanol–water partition coefficient (Wildman–Crippen LogP) is 2.96. The fourth-order valence-corrected chi connectivity index (χ4v) is 2.64. The molecule has 1 atom stereocenters. The highest BCUT2D eigenvalue weighted by atomic mass is 127. The summed E-state index contributed by atoms with van der Waals surface area (Å²) in [5.74, 6) is 0.924. The minimum atomic E-state index is 0. The Morgan fingerprint density at radius 2 is 2.00 bits per heavy atom. The molecule has 1 aromatic heterocycles. The average molecular weight is 464 g/mol. The second-order valence-corrected chi connectivity index (χ2v) is 6.10. The van der Waals surface area contributed by atoms with E-state index in [0.29, 0.717) is 6.04 Å². The van der Waals surface area contributed by atoms with Gasteiger partial charge in [0.2, 0.25) is 0 Å². The van der Waals surface area contributed by atoms with Gasteiger partial charge in [-0.15, -0.1) is 24.0 Å². The molecule has 0 aliphatic carbocycles. The van der Waals surface area contributed by atoms with Crippen molar-refractivity contribution in [1.82, 2.24) is 25.3 Å². The normalized spacial score (nSPS) is 12.8. The first kappa shape index (κ1) is 24.2. The second-order valence-electron chi connectivity index (χ2n) is 6.10. The average Bonchev–Trinajstić information content (AvgIpc) is 3.09. The molecule has 0 bridgehead atoms. The molecule has 0 aliphatic heterocycles. The summed E-state index contributed by atoms with van der Waals surface area (Å²) >= 11 is 0. The third kappa shape index (κ3) is 11.4. The van der Waals surface area contributed by atoms with Gasteiger partial charge in [0.05, 0.1) is 0 Å². The maximum atomic E-state index is 4.67. The van der Waals surface area contributed by atoms with Crippen molar-refractivity contribution in [2.24, 2.45) is 4.99 Å². The first-order valence-electron chi connectivity index (χ1n) is 9.44. The Hall–Kier alpha value is -0.830. The maximum Gasteiger partial charge on any atom is 0.191 e. The van der Waals surface area contributed by atoms with Gasteiger partial charge in [0.15, 0.2) is 5.96 Å². The fourth-order valence-electron chi connectivity index (χ4n) is 2.64. The van der Waals surface area contributed by atoms with E-state index in [2.05, 4.69) is 53.3 Å². The molecule has 146 valence electrons. The number of guanidine groups is 1. The predicted molar refractivity (Wildman–Crippen MR) is 118 cm³/mol. The van der Waals surface area contributed by atoms with Crippen molar-refractivity contribution in [3.8, 4) is 0 Å². The summed E-state index contributed by atoms with van der Waals surface area (Å²) in [5, 5.41) is 11.1. The van der Waals surface area contributed by atoms with Crippen LogP contribution in [-0.2, 0) is 6.54 Å². The lowest BCUT2D eigenvalue weighted by Gasteiger charge is -2.21. The molecule has 6 nitrogen and oxygen atoms in total. The second kappa shape index (κ2) is 15.4. The van der Waals surface area contributed by atoms with Crippen molar-refractivity contribution >= 4 is 29.9 Å². The van der Waals surface area contributed by atoms with Gasteiger partial charge in [-0.2, -0.15) is 5.10 Å². The smallest absolute Gasteiger partial charge is 0.191 e. The molecule has 0 aliphatic rings. The van der Waals surface area contributed by atoms with Crippen LogP contribution in [0.15, 0.2) is 23.5 Å². The van der Waals surface area contributed by atoms with Crippen LogP contribution in [0.4, 0.5) is 0 Å². The van der Waals surface area contributed by atoms with Gasteiger partial charge < -0.3 is 15.5 Å². The minimum Gasteiger partial charge on any atom is -0.357 e. The number of hydrogen-bond donors (Lipinski definition) is 2. The topological polar surface area (TPSA) is 57.5 Å². The summed E-state index contributed by atoms with van der Waals surface area (Å²) in [5.41, 5.74) is 0. The van der Waals surface area contributed by atoms with Crippen molar-refractivity contribution in [2.45, 2.75) is 59.5 Å². The summed E-state index contributed by atoms with van der Waals surface area (Å²) in [4.78, 5) is 7.14. The number of aromatic nitrogens is 2. The van der Waals surface area contributed by atoms with E-state index in [1.54, 1.807) is 0 Å². The number of rotatable bonds is 12. The largest absolute Gasteiger partial charge is 0.357 e. The number of nitrogens with one attached hydrogen (secondary N) is 2. The highest BCUT2D eigenvalue weighted by molar-refractivity contribution is 14.0. The molecular formula is C18H37IN6. The Morgan fingerprint density at radius 1 is 1.24 bits per heavy atom. The van der Waals surface area contributed by atoms with Crippen molar-refractivity contribution in [3.05, 3.63) is 18.5 Å². The van der Waals surface area contributed by atoms with Crippen LogP contribution in [0.3, 0.4) is 0 Å². The van der Waals surface area contributed by atoms with Gasteiger partial charge in [-0.1, -0.05) is 13.8 Å². The molecule has 1 heterocycles. The Balaban J connectivity index is 0.00000576. The monoisotopic (exact) mass is 464 g/mol.